The lowest BCUT2D eigenvalue weighted by Gasteiger charge is -2.20. The molecule has 0 unspecified atom stereocenters. The molecule has 0 atom stereocenters. The van der Waals surface area contributed by atoms with E-state index < -0.39 is 5.91 Å². The number of para-hydroxylation sites is 3. The second kappa shape index (κ2) is 12.3. The lowest BCUT2D eigenvalue weighted by atomic mass is 10.1. The van der Waals surface area contributed by atoms with E-state index in [1.54, 1.807) is 13.2 Å². The van der Waals surface area contributed by atoms with E-state index in [-0.39, 0.29) is 11.4 Å². The van der Waals surface area contributed by atoms with Crippen molar-refractivity contribution in [1.29, 1.82) is 5.41 Å². The average Bonchev–Trinajstić information content (AvgIpc) is 3.52. The van der Waals surface area contributed by atoms with Gasteiger partial charge in [-0.2, -0.15) is 15.1 Å². The predicted octanol–water partition coefficient (Wildman–Crippen LogP) is 6.71. The number of carbonyl (C=O) groups is 1. The van der Waals surface area contributed by atoms with Crippen LogP contribution in [0.25, 0.3) is 17.0 Å². The normalized spacial score (nSPS) is 16.1. The molecule has 3 heterocycles. The van der Waals surface area contributed by atoms with Crippen molar-refractivity contribution in [2.75, 3.05) is 13.7 Å². The molecule has 2 aromatic carbocycles. The van der Waals surface area contributed by atoms with Gasteiger partial charge < -0.3 is 14.0 Å². The average molecular weight is 544 g/mol. The molecule has 2 aliphatic heterocycles. The van der Waals surface area contributed by atoms with Gasteiger partial charge in [-0.05, 0) is 48.9 Å². The maximum Gasteiger partial charge on any atom is 0.283 e. The maximum absolute atomic E-state index is 13.0. The standard InChI is InChI=1S/C30H33N5O3S/c1-3-4-5-6-7-16-27-33-35-28(31)23(29(36)32-30(35)39-27)19-21-20-34(24-13-9-8-12-22(21)24)17-18-38-26-15-11-10-14-25(26)37-2/h8-15,19-20,31H,3-7,16-18H2,1-2H3/b23-19+,31-28?. The second-order valence-corrected chi connectivity index (χ2v) is 10.5. The Hall–Kier alpha value is -3.85. The molecule has 0 spiro atoms. The number of nitrogens with one attached hydrogen (secondary N) is 1. The first kappa shape index (κ1) is 26.7. The summed E-state index contributed by atoms with van der Waals surface area (Å²) in [5, 5.41) is 17.3. The Balaban J connectivity index is 1.33. The van der Waals surface area contributed by atoms with E-state index in [1.807, 2.05) is 54.7 Å². The quantitative estimate of drug-likeness (QED) is 0.202. The minimum absolute atomic E-state index is 0.0646. The van der Waals surface area contributed by atoms with Crippen LogP contribution in [0.1, 0.15) is 51.0 Å². The molecule has 0 bridgehead atoms. The molecule has 0 aliphatic carbocycles. The number of aliphatic imine (C=N–C) groups is 1. The maximum atomic E-state index is 13.0. The third-order valence-corrected chi connectivity index (χ3v) is 7.74. The first-order chi connectivity index (χ1) is 19.1. The molecule has 9 heteroatoms. The first-order valence-electron chi connectivity index (χ1n) is 13.4. The monoisotopic (exact) mass is 543 g/mol. The highest BCUT2D eigenvalue weighted by Gasteiger charge is 2.35. The number of unbranched alkanes of at least 4 members (excludes halogenated alkanes) is 4. The van der Waals surface area contributed by atoms with E-state index in [1.165, 1.54) is 36.0 Å². The SMILES string of the molecule is CCCCCCCC1=NN2C(=N)/C(=C\c3cn(CCOc4ccccc4OC)c4ccccc34)C(=O)N=C2S1. The molecule has 39 heavy (non-hydrogen) atoms. The number of thioether (sulfide) groups is 1. The van der Waals surface area contributed by atoms with Crippen molar-refractivity contribution in [2.24, 2.45) is 10.1 Å². The molecule has 0 fully saturated rings. The van der Waals surface area contributed by atoms with Gasteiger partial charge in [0.15, 0.2) is 17.3 Å². The molecule has 8 nitrogen and oxygen atoms in total. The van der Waals surface area contributed by atoms with Gasteiger partial charge in [-0.1, -0.05) is 62.9 Å². The van der Waals surface area contributed by atoms with Gasteiger partial charge in [-0.3, -0.25) is 10.2 Å². The molecule has 5 rings (SSSR count). The van der Waals surface area contributed by atoms with Gasteiger partial charge >= 0.3 is 0 Å². The first-order valence-corrected chi connectivity index (χ1v) is 14.2. The molecule has 1 aromatic heterocycles. The van der Waals surface area contributed by atoms with Gasteiger partial charge in [0.05, 0.1) is 19.2 Å². The number of aromatic nitrogens is 1. The Kier molecular flexibility index (Phi) is 8.46. The van der Waals surface area contributed by atoms with Crippen LogP contribution in [0.15, 0.2) is 70.4 Å². The van der Waals surface area contributed by atoms with Crippen LogP contribution in [0, 0.1) is 5.41 Å². The van der Waals surface area contributed by atoms with Crippen LogP contribution in [-0.4, -0.2) is 45.2 Å². The van der Waals surface area contributed by atoms with E-state index in [0.717, 1.165) is 40.8 Å². The molecule has 0 radical (unpaired) electrons. The second-order valence-electron chi connectivity index (χ2n) is 9.47. The van der Waals surface area contributed by atoms with Crippen LogP contribution in [-0.2, 0) is 11.3 Å². The Morgan fingerprint density at radius 2 is 1.79 bits per heavy atom. The molecular formula is C30H33N5O3S. The molecule has 3 aromatic rings. The summed E-state index contributed by atoms with van der Waals surface area (Å²) in [4.78, 5) is 17.3. The van der Waals surface area contributed by atoms with Crippen molar-refractivity contribution in [2.45, 2.75) is 52.0 Å². The van der Waals surface area contributed by atoms with Crippen molar-refractivity contribution in [3.05, 3.63) is 65.9 Å². The number of amides is 1. The van der Waals surface area contributed by atoms with Gasteiger partial charge in [0.2, 0.25) is 5.17 Å². The predicted molar refractivity (Wildman–Crippen MR) is 159 cm³/mol. The third-order valence-electron chi connectivity index (χ3n) is 6.77. The van der Waals surface area contributed by atoms with Crippen LogP contribution in [0.5, 0.6) is 11.5 Å². The smallest absolute Gasteiger partial charge is 0.283 e. The zero-order valence-corrected chi connectivity index (χ0v) is 23.2. The fraction of sp³-hybridized carbons (Fsp3) is 0.333. The zero-order valence-electron chi connectivity index (χ0n) is 22.4. The van der Waals surface area contributed by atoms with Crippen LogP contribution >= 0.6 is 11.8 Å². The highest BCUT2D eigenvalue weighted by molar-refractivity contribution is 8.26. The molecule has 202 valence electrons. The zero-order chi connectivity index (χ0) is 27.2. The number of hydrogen-bond donors (Lipinski definition) is 1. The van der Waals surface area contributed by atoms with Gasteiger partial charge in [0, 0.05) is 22.7 Å². The molecular weight excluding hydrogens is 510 g/mol. The summed E-state index contributed by atoms with van der Waals surface area (Å²) in [6.45, 7) is 3.25. The van der Waals surface area contributed by atoms with E-state index >= 15 is 0 Å². The summed E-state index contributed by atoms with van der Waals surface area (Å²) < 4.78 is 13.5. The minimum atomic E-state index is -0.408. The number of hydrogen-bond acceptors (Lipinski definition) is 6. The van der Waals surface area contributed by atoms with Crippen molar-refractivity contribution in [1.82, 2.24) is 9.58 Å². The Morgan fingerprint density at radius 1 is 1.03 bits per heavy atom. The molecule has 2 aliphatic rings. The number of carbonyl (C=O) groups excluding carboxylic acids is 1. The van der Waals surface area contributed by atoms with E-state index in [0.29, 0.717) is 29.8 Å². The largest absolute Gasteiger partial charge is 0.493 e. The van der Waals surface area contributed by atoms with Crippen molar-refractivity contribution in [3.63, 3.8) is 0 Å². The Labute approximate surface area is 232 Å². The summed E-state index contributed by atoms with van der Waals surface area (Å²) in [6, 6.07) is 15.6. The van der Waals surface area contributed by atoms with Crippen LogP contribution in [0.2, 0.25) is 0 Å². The molecule has 1 amide bonds. The van der Waals surface area contributed by atoms with E-state index in [4.69, 9.17) is 14.9 Å². The van der Waals surface area contributed by atoms with Crippen LogP contribution in [0.3, 0.4) is 0 Å². The number of ether oxygens (including phenoxy) is 2. The minimum Gasteiger partial charge on any atom is -0.493 e. The molecule has 0 saturated carbocycles. The van der Waals surface area contributed by atoms with Crippen molar-refractivity contribution in [3.8, 4) is 11.5 Å². The number of hydrazone groups is 1. The molecule has 0 saturated heterocycles. The fourth-order valence-corrected chi connectivity index (χ4v) is 5.66. The van der Waals surface area contributed by atoms with Crippen LogP contribution < -0.4 is 9.47 Å². The van der Waals surface area contributed by atoms with E-state index in [2.05, 4.69) is 21.6 Å². The van der Waals surface area contributed by atoms with E-state index in [9.17, 15) is 4.79 Å². The topological polar surface area (TPSA) is 92.3 Å². The van der Waals surface area contributed by atoms with Gasteiger partial charge in [-0.25, -0.2) is 0 Å². The summed E-state index contributed by atoms with van der Waals surface area (Å²) >= 11 is 1.40. The third kappa shape index (κ3) is 5.93. The lowest BCUT2D eigenvalue weighted by Crippen LogP contribution is -2.35. The highest BCUT2D eigenvalue weighted by atomic mass is 32.2. The van der Waals surface area contributed by atoms with Gasteiger partial charge in [0.1, 0.15) is 11.7 Å². The summed E-state index contributed by atoms with van der Waals surface area (Å²) in [5.41, 5.74) is 2.11. The van der Waals surface area contributed by atoms with Gasteiger partial charge in [-0.15, -0.1) is 0 Å². The van der Waals surface area contributed by atoms with Crippen molar-refractivity contribution >= 4 is 50.7 Å². The summed E-state index contributed by atoms with van der Waals surface area (Å²) in [6.07, 6.45) is 10.5. The number of rotatable bonds is 12. The number of nitrogens with zero attached hydrogens (tertiary/aromatic N) is 4. The summed E-state index contributed by atoms with van der Waals surface area (Å²) in [5.74, 6) is 1.04. The number of amidine groups is 2. The van der Waals surface area contributed by atoms with Crippen LogP contribution in [0.4, 0.5) is 0 Å². The summed E-state index contributed by atoms with van der Waals surface area (Å²) in [7, 11) is 1.63. The van der Waals surface area contributed by atoms with Crippen molar-refractivity contribution < 1.29 is 14.3 Å². The Bertz CT molecular complexity index is 1470. The highest BCUT2D eigenvalue weighted by Crippen LogP contribution is 2.32. The number of fused-ring (bicyclic) bond motifs is 2. The lowest BCUT2D eigenvalue weighted by molar-refractivity contribution is -0.114. The van der Waals surface area contributed by atoms with Gasteiger partial charge in [0.25, 0.3) is 5.91 Å². The number of methoxy groups -OCH3 is 1. The fourth-order valence-electron chi connectivity index (χ4n) is 4.74. The molecule has 1 N–H and O–H groups in total. The Morgan fingerprint density at radius 3 is 2.62 bits per heavy atom. The number of benzene rings is 2.